The van der Waals surface area contributed by atoms with Crippen molar-refractivity contribution in [3.63, 3.8) is 0 Å². The first-order chi connectivity index (χ1) is 15.0. The van der Waals surface area contributed by atoms with Crippen LogP contribution >= 0.6 is 11.3 Å². The summed E-state index contributed by atoms with van der Waals surface area (Å²) >= 11 is 1.10. The molecule has 1 unspecified atom stereocenters. The van der Waals surface area contributed by atoms with Crippen LogP contribution < -0.4 is 10.6 Å². The minimum Gasteiger partial charge on any atom is -0.467 e. The number of pyridine rings is 1. The standard InChI is InChI=1S/C21H20FN3O5S/c1-29-20(27)16(25-21(28)30-12-13-5-3-2-4-6-13)11-24-19(26)17-9-15-18(31-17)14(10-22)7-8-23-15/h2-9,16H,10-12H2,1H3,(H,24,26)(H,25,28). The van der Waals surface area contributed by atoms with Gasteiger partial charge in [-0.05, 0) is 17.7 Å². The summed E-state index contributed by atoms with van der Waals surface area (Å²) < 4.78 is 23.5. The number of alkyl carbamates (subject to hydrolysis) is 1. The molecule has 0 saturated carbocycles. The highest BCUT2D eigenvalue weighted by Crippen LogP contribution is 2.27. The SMILES string of the molecule is COC(=O)C(CNC(=O)c1cc2nccc(CF)c2s1)NC(=O)OCc1ccccc1. The molecule has 2 aromatic heterocycles. The van der Waals surface area contributed by atoms with Gasteiger partial charge in [0.05, 0.1) is 22.2 Å². The first-order valence-corrected chi connectivity index (χ1v) is 10.1. The molecule has 0 aliphatic rings. The van der Waals surface area contributed by atoms with Crippen molar-refractivity contribution in [2.24, 2.45) is 0 Å². The fourth-order valence-corrected chi connectivity index (χ4v) is 3.76. The molecule has 0 aliphatic heterocycles. The van der Waals surface area contributed by atoms with Crippen molar-refractivity contribution < 1.29 is 28.2 Å². The summed E-state index contributed by atoms with van der Waals surface area (Å²) in [5.74, 6) is -1.23. The van der Waals surface area contributed by atoms with Gasteiger partial charge in [0.2, 0.25) is 0 Å². The largest absolute Gasteiger partial charge is 0.467 e. The van der Waals surface area contributed by atoms with E-state index in [0.29, 0.717) is 20.7 Å². The molecule has 0 aliphatic carbocycles. The molecule has 8 nitrogen and oxygen atoms in total. The minimum absolute atomic E-state index is 0.0264. The minimum atomic E-state index is -1.15. The molecular weight excluding hydrogens is 425 g/mol. The number of benzene rings is 1. The van der Waals surface area contributed by atoms with Crippen molar-refractivity contribution in [2.75, 3.05) is 13.7 Å². The van der Waals surface area contributed by atoms with E-state index in [0.717, 1.165) is 16.9 Å². The second-order valence-corrected chi connectivity index (χ2v) is 7.47. The van der Waals surface area contributed by atoms with Gasteiger partial charge in [-0.1, -0.05) is 30.3 Å². The number of amides is 2. The Kier molecular flexibility index (Phi) is 7.50. The van der Waals surface area contributed by atoms with Crippen molar-refractivity contribution in [3.8, 4) is 0 Å². The first-order valence-electron chi connectivity index (χ1n) is 9.28. The van der Waals surface area contributed by atoms with Crippen molar-refractivity contribution in [2.45, 2.75) is 19.3 Å². The molecule has 0 radical (unpaired) electrons. The molecule has 1 atom stereocenters. The van der Waals surface area contributed by atoms with Gasteiger partial charge in [-0.25, -0.2) is 14.0 Å². The van der Waals surface area contributed by atoms with E-state index in [9.17, 15) is 18.8 Å². The zero-order valence-corrected chi connectivity index (χ0v) is 17.4. The lowest BCUT2D eigenvalue weighted by Gasteiger charge is -2.17. The summed E-state index contributed by atoms with van der Waals surface area (Å²) in [6.07, 6.45) is 0.649. The number of nitrogens with zero attached hydrogens (tertiary/aromatic N) is 1. The number of halogens is 1. The van der Waals surface area contributed by atoms with Gasteiger partial charge in [-0.3, -0.25) is 9.78 Å². The van der Waals surface area contributed by atoms with Crippen LogP contribution in [0.2, 0.25) is 0 Å². The molecule has 2 N–H and O–H groups in total. The van der Waals surface area contributed by atoms with Gasteiger partial charge >= 0.3 is 12.1 Å². The summed E-state index contributed by atoms with van der Waals surface area (Å²) in [7, 11) is 1.17. The average molecular weight is 445 g/mol. The van der Waals surface area contributed by atoms with Crippen LogP contribution in [0.4, 0.5) is 9.18 Å². The molecule has 3 aromatic rings. The molecule has 162 valence electrons. The van der Waals surface area contributed by atoms with Crippen LogP contribution in [0.3, 0.4) is 0 Å². The quantitative estimate of drug-likeness (QED) is 0.517. The van der Waals surface area contributed by atoms with E-state index >= 15 is 0 Å². The molecular formula is C21H20FN3O5S. The van der Waals surface area contributed by atoms with Crippen LogP contribution in [-0.4, -0.2) is 42.7 Å². The third-order valence-corrected chi connectivity index (χ3v) is 5.52. The van der Waals surface area contributed by atoms with Gasteiger partial charge in [0.1, 0.15) is 19.3 Å². The highest BCUT2D eigenvalue weighted by molar-refractivity contribution is 7.21. The molecule has 0 fully saturated rings. The summed E-state index contributed by atoms with van der Waals surface area (Å²) in [5, 5.41) is 4.95. The first kappa shape index (κ1) is 22.2. The second-order valence-electron chi connectivity index (χ2n) is 6.42. The van der Waals surface area contributed by atoms with Crippen LogP contribution in [0.1, 0.15) is 20.8 Å². The maximum atomic E-state index is 13.1. The number of nitrogens with one attached hydrogen (secondary N) is 2. The number of ether oxygens (including phenoxy) is 2. The van der Waals surface area contributed by atoms with Crippen LogP contribution in [0.25, 0.3) is 10.2 Å². The predicted molar refractivity (Wildman–Crippen MR) is 112 cm³/mol. The van der Waals surface area contributed by atoms with Crippen molar-refractivity contribution in [1.29, 1.82) is 0 Å². The smallest absolute Gasteiger partial charge is 0.408 e. The highest BCUT2D eigenvalue weighted by Gasteiger charge is 2.24. The lowest BCUT2D eigenvalue weighted by atomic mass is 10.2. The monoisotopic (exact) mass is 445 g/mol. The van der Waals surface area contributed by atoms with Crippen molar-refractivity contribution in [3.05, 3.63) is 64.7 Å². The normalized spacial score (nSPS) is 11.5. The van der Waals surface area contributed by atoms with Gasteiger partial charge in [-0.15, -0.1) is 11.3 Å². The Morgan fingerprint density at radius 3 is 2.68 bits per heavy atom. The van der Waals surface area contributed by atoms with Gasteiger partial charge in [0.25, 0.3) is 5.91 Å². The Labute approximate surface area is 181 Å². The van der Waals surface area contributed by atoms with Crippen LogP contribution in [0.15, 0.2) is 48.7 Å². The molecule has 31 heavy (non-hydrogen) atoms. The number of esters is 1. The number of thiophene rings is 1. The Bertz CT molecular complexity index is 1070. The second kappa shape index (κ2) is 10.5. The number of rotatable bonds is 8. The van der Waals surface area contributed by atoms with Gasteiger partial charge in [0.15, 0.2) is 0 Å². The summed E-state index contributed by atoms with van der Waals surface area (Å²) in [6, 6.07) is 11.0. The van der Waals surface area contributed by atoms with E-state index in [-0.39, 0.29) is 13.2 Å². The van der Waals surface area contributed by atoms with Crippen molar-refractivity contribution in [1.82, 2.24) is 15.6 Å². The van der Waals surface area contributed by atoms with E-state index < -0.39 is 30.7 Å². The van der Waals surface area contributed by atoms with E-state index in [1.165, 1.54) is 13.3 Å². The van der Waals surface area contributed by atoms with E-state index in [4.69, 9.17) is 4.74 Å². The number of alkyl halides is 1. The maximum Gasteiger partial charge on any atom is 0.408 e. The van der Waals surface area contributed by atoms with Crippen LogP contribution in [0, 0.1) is 0 Å². The number of hydrogen-bond donors (Lipinski definition) is 2. The summed E-state index contributed by atoms with van der Waals surface area (Å²) in [4.78, 5) is 41.0. The Morgan fingerprint density at radius 1 is 1.19 bits per heavy atom. The highest BCUT2D eigenvalue weighted by atomic mass is 32.1. The Hall–Kier alpha value is -3.53. The molecule has 0 spiro atoms. The van der Waals surface area contributed by atoms with Gasteiger partial charge in [-0.2, -0.15) is 0 Å². The fraction of sp³-hybridized carbons (Fsp3) is 0.238. The molecule has 3 rings (SSSR count). The summed E-state index contributed by atoms with van der Waals surface area (Å²) in [6.45, 7) is -0.859. The molecule has 2 amide bonds. The number of methoxy groups -OCH3 is 1. The third-order valence-electron chi connectivity index (χ3n) is 4.32. The topological polar surface area (TPSA) is 107 Å². The van der Waals surface area contributed by atoms with E-state index in [1.807, 2.05) is 18.2 Å². The molecule has 0 saturated heterocycles. The van der Waals surface area contributed by atoms with Crippen LogP contribution in [0.5, 0.6) is 0 Å². The van der Waals surface area contributed by atoms with Crippen molar-refractivity contribution >= 4 is 39.5 Å². The van der Waals surface area contributed by atoms with Crippen LogP contribution in [-0.2, 0) is 27.5 Å². The molecule has 2 heterocycles. The molecule has 0 bridgehead atoms. The Balaban J connectivity index is 1.60. The van der Waals surface area contributed by atoms with E-state index in [1.54, 1.807) is 24.3 Å². The van der Waals surface area contributed by atoms with Gasteiger partial charge < -0.3 is 20.1 Å². The van der Waals surface area contributed by atoms with Gasteiger partial charge in [0, 0.05) is 18.3 Å². The number of hydrogen-bond acceptors (Lipinski definition) is 7. The van der Waals surface area contributed by atoms with E-state index in [2.05, 4.69) is 20.4 Å². The number of aromatic nitrogens is 1. The zero-order valence-electron chi connectivity index (χ0n) is 16.6. The summed E-state index contributed by atoms with van der Waals surface area (Å²) in [5.41, 5.74) is 1.74. The predicted octanol–water partition coefficient (Wildman–Crippen LogP) is 2.96. The number of fused-ring (bicyclic) bond motifs is 1. The number of carbonyl (C=O) groups is 3. The number of carbonyl (C=O) groups excluding carboxylic acids is 3. The lowest BCUT2D eigenvalue weighted by Crippen LogP contribution is -2.49. The Morgan fingerprint density at radius 2 is 1.97 bits per heavy atom. The lowest BCUT2D eigenvalue weighted by molar-refractivity contribution is -0.142. The zero-order chi connectivity index (χ0) is 22.2. The molecule has 1 aromatic carbocycles. The third kappa shape index (κ3) is 5.76. The molecule has 10 heteroatoms. The fourth-order valence-electron chi connectivity index (χ4n) is 2.73. The average Bonchev–Trinajstić information content (AvgIpc) is 3.25. The maximum absolute atomic E-state index is 13.1.